The summed E-state index contributed by atoms with van der Waals surface area (Å²) in [5.74, 6) is 0.113. The van der Waals surface area contributed by atoms with Gasteiger partial charge in [0.15, 0.2) is 0 Å². The SMILES string of the molecule is O=C(Nc1ccc(OC(F)(F)F)cc1)C1CCCN1c1ncnc2ccccc12. The topological polar surface area (TPSA) is 67.3 Å². The minimum absolute atomic E-state index is 0.241. The molecule has 1 unspecified atom stereocenters. The summed E-state index contributed by atoms with van der Waals surface area (Å²) in [6.07, 6.45) is -1.80. The van der Waals surface area contributed by atoms with Crippen molar-refractivity contribution in [2.45, 2.75) is 25.2 Å². The number of carbonyl (C=O) groups is 1. The number of para-hydroxylation sites is 1. The van der Waals surface area contributed by atoms with Gasteiger partial charge >= 0.3 is 6.36 Å². The number of rotatable bonds is 4. The zero-order valence-electron chi connectivity index (χ0n) is 15.2. The first-order chi connectivity index (χ1) is 13.9. The van der Waals surface area contributed by atoms with Crippen LogP contribution in [0.1, 0.15) is 12.8 Å². The van der Waals surface area contributed by atoms with E-state index in [1.165, 1.54) is 18.5 Å². The van der Waals surface area contributed by atoms with E-state index in [-0.39, 0.29) is 11.7 Å². The van der Waals surface area contributed by atoms with Gasteiger partial charge in [-0.25, -0.2) is 9.97 Å². The number of nitrogens with one attached hydrogen (secondary N) is 1. The number of aromatic nitrogens is 2. The summed E-state index contributed by atoms with van der Waals surface area (Å²) in [4.78, 5) is 23.4. The van der Waals surface area contributed by atoms with Gasteiger partial charge in [0, 0.05) is 17.6 Å². The van der Waals surface area contributed by atoms with E-state index < -0.39 is 12.4 Å². The Kier molecular flexibility index (Phi) is 4.96. The zero-order chi connectivity index (χ0) is 20.4. The fourth-order valence-electron chi connectivity index (χ4n) is 3.48. The lowest BCUT2D eigenvalue weighted by Crippen LogP contribution is -2.40. The van der Waals surface area contributed by atoms with Crippen LogP contribution in [0.15, 0.2) is 54.9 Å². The predicted molar refractivity (Wildman–Crippen MR) is 102 cm³/mol. The average molecular weight is 402 g/mol. The summed E-state index contributed by atoms with van der Waals surface area (Å²) in [6, 6.07) is 12.2. The van der Waals surface area contributed by atoms with Gasteiger partial charge in [-0.05, 0) is 49.2 Å². The Morgan fingerprint density at radius 2 is 1.86 bits per heavy atom. The van der Waals surface area contributed by atoms with Gasteiger partial charge < -0.3 is 15.0 Å². The van der Waals surface area contributed by atoms with Crippen molar-refractivity contribution in [1.82, 2.24) is 9.97 Å². The summed E-state index contributed by atoms with van der Waals surface area (Å²) < 4.78 is 40.6. The van der Waals surface area contributed by atoms with Gasteiger partial charge in [-0.15, -0.1) is 13.2 Å². The Morgan fingerprint density at radius 1 is 1.10 bits per heavy atom. The van der Waals surface area contributed by atoms with Crippen LogP contribution in [0.4, 0.5) is 24.7 Å². The molecule has 0 saturated carbocycles. The van der Waals surface area contributed by atoms with E-state index in [0.717, 1.165) is 29.5 Å². The second-order valence-electron chi connectivity index (χ2n) is 6.63. The normalized spacial score (nSPS) is 16.8. The zero-order valence-corrected chi connectivity index (χ0v) is 15.2. The van der Waals surface area contributed by atoms with Crippen molar-refractivity contribution < 1.29 is 22.7 Å². The molecule has 2 heterocycles. The maximum absolute atomic E-state index is 12.8. The lowest BCUT2D eigenvalue weighted by Gasteiger charge is -2.25. The molecule has 1 atom stereocenters. The van der Waals surface area contributed by atoms with Gasteiger partial charge in [-0.2, -0.15) is 0 Å². The molecule has 29 heavy (non-hydrogen) atoms. The van der Waals surface area contributed by atoms with Crippen molar-refractivity contribution in [3.05, 3.63) is 54.9 Å². The largest absolute Gasteiger partial charge is 0.573 e. The van der Waals surface area contributed by atoms with Crippen LogP contribution in [-0.2, 0) is 4.79 Å². The number of nitrogens with zero attached hydrogens (tertiary/aromatic N) is 3. The first kappa shape index (κ1) is 19.0. The number of ether oxygens (including phenoxy) is 1. The van der Waals surface area contributed by atoms with E-state index >= 15 is 0 Å². The third-order valence-electron chi connectivity index (χ3n) is 4.70. The quantitative estimate of drug-likeness (QED) is 0.711. The average Bonchev–Trinajstić information content (AvgIpc) is 3.18. The summed E-state index contributed by atoms with van der Waals surface area (Å²) in [7, 11) is 0. The lowest BCUT2D eigenvalue weighted by atomic mass is 10.1. The number of amides is 1. The molecule has 9 heteroatoms. The predicted octanol–water partition coefficient (Wildman–Crippen LogP) is 4.14. The number of hydrogen-bond acceptors (Lipinski definition) is 5. The maximum atomic E-state index is 12.8. The van der Waals surface area contributed by atoms with Crippen molar-refractivity contribution >= 4 is 28.3 Å². The number of hydrogen-bond donors (Lipinski definition) is 1. The molecule has 1 saturated heterocycles. The van der Waals surface area contributed by atoms with Crippen LogP contribution in [0, 0.1) is 0 Å². The molecule has 6 nitrogen and oxygen atoms in total. The van der Waals surface area contributed by atoms with Gasteiger partial charge in [0.1, 0.15) is 23.9 Å². The van der Waals surface area contributed by atoms with Crippen LogP contribution in [-0.4, -0.2) is 34.8 Å². The molecule has 0 bridgehead atoms. The molecule has 1 aliphatic heterocycles. The number of carbonyl (C=O) groups excluding carboxylic acids is 1. The van der Waals surface area contributed by atoms with E-state index in [4.69, 9.17) is 0 Å². The molecule has 0 spiro atoms. The van der Waals surface area contributed by atoms with Crippen molar-refractivity contribution in [3.8, 4) is 5.75 Å². The standard InChI is InChI=1S/C20H17F3N4O2/c21-20(22,23)29-14-9-7-13(8-10-14)26-19(28)17-6-3-11-27(17)18-15-4-1-2-5-16(15)24-12-25-18/h1-2,4-5,7-10,12,17H,3,6,11H2,(H,26,28). The number of alkyl halides is 3. The highest BCUT2D eigenvalue weighted by Gasteiger charge is 2.33. The smallest absolute Gasteiger partial charge is 0.406 e. The molecule has 150 valence electrons. The minimum atomic E-state index is -4.75. The highest BCUT2D eigenvalue weighted by atomic mass is 19.4. The Labute approximate surface area is 164 Å². The Balaban J connectivity index is 1.51. The minimum Gasteiger partial charge on any atom is -0.406 e. The second-order valence-corrected chi connectivity index (χ2v) is 6.63. The van der Waals surface area contributed by atoms with E-state index in [1.54, 1.807) is 0 Å². The lowest BCUT2D eigenvalue weighted by molar-refractivity contribution is -0.274. The van der Waals surface area contributed by atoms with Gasteiger partial charge in [0.25, 0.3) is 0 Å². The van der Waals surface area contributed by atoms with Gasteiger partial charge in [0.2, 0.25) is 5.91 Å². The van der Waals surface area contributed by atoms with Gasteiger partial charge in [-0.3, -0.25) is 4.79 Å². The summed E-state index contributed by atoms with van der Waals surface area (Å²) in [5.41, 5.74) is 1.19. The fraction of sp³-hybridized carbons (Fsp3) is 0.250. The number of anilines is 2. The highest BCUT2D eigenvalue weighted by molar-refractivity contribution is 5.99. The second kappa shape index (κ2) is 7.57. The van der Waals surface area contributed by atoms with Crippen LogP contribution in [0.25, 0.3) is 10.9 Å². The number of fused-ring (bicyclic) bond motifs is 1. The molecule has 1 fully saturated rings. The summed E-state index contributed by atoms with van der Waals surface area (Å²) in [6.45, 7) is 0.678. The van der Waals surface area contributed by atoms with Crippen molar-refractivity contribution in [2.24, 2.45) is 0 Å². The van der Waals surface area contributed by atoms with Gasteiger partial charge in [-0.1, -0.05) is 12.1 Å². The molecule has 1 amide bonds. The van der Waals surface area contributed by atoms with E-state index in [0.29, 0.717) is 24.5 Å². The molecular formula is C20H17F3N4O2. The molecule has 1 aliphatic rings. The van der Waals surface area contributed by atoms with Crippen LogP contribution < -0.4 is 15.0 Å². The molecule has 2 aromatic carbocycles. The third-order valence-corrected chi connectivity index (χ3v) is 4.70. The Morgan fingerprint density at radius 3 is 2.62 bits per heavy atom. The maximum Gasteiger partial charge on any atom is 0.573 e. The molecule has 4 rings (SSSR count). The van der Waals surface area contributed by atoms with Crippen molar-refractivity contribution in [1.29, 1.82) is 0 Å². The molecule has 1 aromatic heterocycles. The van der Waals surface area contributed by atoms with Crippen molar-refractivity contribution in [3.63, 3.8) is 0 Å². The Bertz CT molecular complexity index is 1020. The first-order valence-electron chi connectivity index (χ1n) is 9.04. The monoisotopic (exact) mass is 402 g/mol. The fourth-order valence-corrected chi connectivity index (χ4v) is 3.48. The highest BCUT2D eigenvalue weighted by Crippen LogP contribution is 2.30. The van der Waals surface area contributed by atoms with Crippen molar-refractivity contribution in [2.75, 3.05) is 16.8 Å². The molecular weight excluding hydrogens is 385 g/mol. The van der Waals surface area contributed by atoms with E-state index in [1.807, 2.05) is 29.2 Å². The molecule has 3 aromatic rings. The molecule has 0 aliphatic carbocycles. The van der Waals surface area contributed by atoms with Crippen LogP contribution >= 0.6 is 0 Å². The first-order valence-corrected chi connectivity index (χ1v) is 9.04. The van der Waals surface area contributed by atoms with Gasteiger partial charge in [0.05, 0.1) is 5.52 Å². The number of halogens is 3. The molecule has 1 N–H and O–H groups in total. The van der Waals surface area contributed by atoms with Crippen LogP contribution in [0.2, 0.25) is 0 Å². The summed E-state index contributed by atoms with van der Waals surface area (Å²) >= 11 is 0. The number of benzene rings is 2. The van der Waals surface area contributed by atoms with E-state index in [9.17, 15) is 18.0 Å². The van der Waals surface area contributed by atoms with Crippen LogP contribution in [0.3, 0.4) is 0 Å². The van der Waals surface area contributed by atoms with Crippen LogP contribution in [0.5, 0.6) is 5.75 Å². The van der Waals surface area contributed by atoms with E-state index in [2.05, 4.69) is 20.0 Å². The molecule has 0 radical (unpaired) electrons. The third kappa shape index (κ3) is 4.23. The Hall–Kier alpha value is -3.36. The summed E-state index contributed by atoms with van der Waals surface area (Å²) in [5, 5.41) is 3.63.